The minimum Gasteiger partial charge on any atom is -0.339 e. The van der Waals surface area contributed by atoms with Crippen LogP contribution < -0.4 is 5.32 Å². The zero-order valence-corrected chi connectivity index (χ0v) is 17.5. The number of nitrogens with one attached hydrogen (secondary N) is 1. The van der Waals surface area contributed by atoms with Crippen molar-refractivity contribution in [2.75, 3.05) is 26.7 Å². The number of likely N-dealkylation sites (tertiary alicyclic amines) is 1. The van der Waals surface area contributed by atoms with Gasteiger partial charge < -0.3 is 10.2 Å². The fourth-order valence-corrected chi connectivity index (χ4v) is 4.24. The number of benzene rings is 2. The molecule has 0 radical (unpaired) electrons. The fraction of sp³-hybridized carbons (Fsp3) is 0.409. The molecular formula is C22H29ClN2OS. The lowest BCUT2D eigenvalue weighted by Crippen LogP contribution is -2.38. The Labute approximate surface area is 173 Å². The van der Waals surface area contributed by atoms with Gasteiger partial charge >= 0.3 is 0 Å². The Kier molecular flexibility index (Phi) is 9.19. The Balaban J connectivity index is 0.00000261. The summed E-state index contributed by atoms with van der Waals surface area (Å²) in [5, 5.41) is 3.22. The SMILES string of the molecule is CNCCC1CCN(C(=O)c2ccc(SCc3ccccc3)cc2)CC1.Cl. The van der Waals surface area contributed by atoms with Crippen molar-refractivity contribution in [2.45, 2.75) is 29.9 Å². The van der Waals surface area contributed by atoms with Crippen LogP contribution in [0.25, 0.3) is 0 Å². The lowest BCUT2D eigenvalue weighted by atomic mass is 9.93. The highest BCUT2D eigenvalue weighted by atomic mass is 35.5. The van der Waals surface area contributed by atoms with Gasteiger partial charge in [0.1, 0.15) is 0 Å². The van der Waals surface area contributed by atoms with Crippen LogP contribution in [0.2, 0.25) is 0 Å². The molecule has 0 bridgehead atoms. The second-order valence-corrected chi connectivity index (χ2v) is 7.98. The van der Waals surface area contributed by atoms with Crippen LogP contribution in [0.5, 0.6) is 0 Å². The van der Waals surface area contributed by atoms with E-state index in [1.807, 2.05) is 30.1 Å². The van der Waals surface area contributed by atoms with Crippen LogP contribution in [0.15, 0.2) is 59.5 Å². The summed E-state index contributed by atoms with van der Waals surface area (Å²) in [7, 11) is 2.00. The summed E-state index contributed by atoms with van der Waals surface area (Å²) >= 11 is 1.81. The molecular weight excluding hydrogens is 376 g/mol. The molecule has 2 aromatic rings. The summed E-state index contributed by atoms with van der Waals surface area (Å²) in [6.45, 7) is 2.84. The lowest BCUT2D eigenvalue weighted by Gasteiger charge is -2.32. The Morgan fingerprint density at radius 1 is 1.07 bits per heavy atom. The normalized spacial score (nSPS) is 14.6. The number of nitrogens with zero attached hydrogens (tertiary/aromatic N) is 1. The highest BCUT2D eigenvalue weighted by Crippen LogP contribution is 2.25. The van der Waals surface area contributed by atoms with Gasteiger partial charge in [0.25, 0.3) is 5.91 Å². The third-order valence-electron chi connectivity index (χ3n) is 5.05. The first kappa shape index (κ1) is 21.8. The average Bonchev–Trinajstić information content (AvgIpc) is 2.72. The molecule has 1 heterocycles. The van der Waals surface area contributed by atoms with E-state index in [1.165, 1.54) is 16.9 Å². The minimum atomic E-state index is 0. The van der Waals surface area contributed by atoms with Crippen LogP contribution in [-0.2, 0) is 5.75 Å². The molecule has 1 saturated heterocycles. The van der Waals surface area contributed by atoms with E-state index in [1.54, 1.807) is 11.8 Å². The Hall–Kier alpha value is -1.49. The number of carbonyl (C=O) groups is 1. The number of piperidine rings is 1. The molecule has 0 aliphatic carbocycles. The molecule has 0 aromatic heterocycles. The number of thioether (sulfide) groups is 1. The predicted molar refractivity (Wildman–Crippen MR) is 117 cm³/mol. The van der Waals surface area contributed by atoms with Crippen LogP contribution in [0.3, 0.4) is 0 Å². The van der Waals surface area contributed by atoms with Crippen molar-refractivity contribution in [3.63, 3.8) is 0 Å². The maximum atomic E-state index is 12.7. The van der Waals surface area contributed by atoms with Gasteiger partial charge in [-0.3, -0.25) is 4.79 Å². The second-order valence-electron chi connectivity index (χ2n) is 6.93. The highest BCUT2D eigenvalue weighted by molar-refractivity contribution is 7.98. The van der Waals surface area contributed by atoms with Gasteiger partial charge in [0.2, 0.25) is 0 Å². The molecule has 1 aliphatic heterocycles. The second kappa shape index (κ2) is 11.4. The molecule has 0 saturated carbocycles. The first-order valence-electron chi connectivity index (χ1n) is 9.47. The summed E-state index contributed by atoms with van der Waals surface area (Å²) < 4.78 is 0. The third-order valence-corrected chi connectivity index (χ3v) is 6.14. The van der Waals surface area contributed by atoms with Crippen LogP contribution in [0.4, 0.5) is 0 Å². The number of amides is 1. The summed E-state index contributed by atoms with van der Waals surface area (Å²) in [6, 6.07) is 18.6. The molecule has 27 heavy (non-hydrogen) atoms. The van der Waals surface area contributed by atoms with Crippen molar-refractivity contribution in [1.82, 2.24) is 10.2 Å². The lowest BCUT2D eigenvalue weighted by molar-refractivity contribution is 0.0687. The number of rotatable bonds is 7. The molecule has 3 rings (SSSR count). The smallest absolute Gasteiger partial charge is 0.253 e. The average molecular weight is 405 g/mol. The summed E-state index contributed by atoms with van der Waals surface area (Å²) in [4.78, 5) is 15.9. The van der Waals surface area contributed by atoms with E-state index in [9.17, 15) is 4.79 Å². The van der Waals surface area contributed by atoms with E-state index in [0.717, 1.165) is 49.7 Å². The van der Waals surface area contributed by atoms with E-state index < -0.39 is 0 Å². The van der Waals surface area contributed by atoms with E-state index in [-0.39, 0.29) is 18.3 Å². The molecule has 1 fully saturated rings. The number of hydrogen-bond acceptors (Lipinski definition) is 3. The van der Waals surface area contributed by atoms with Crippen molar-refractivity contribution >= 4 is 30.1 Å². The molecule has 146 valence electrons. The molecule has 0 unspecified atom stereocenters. The number of hydrogen-bond donors (Lipinski definition) is 1. The zero-order valence-electron chi connectivity index (χ0n) is 15.9. The minimum absolute atomic E-state index is 0. The van der Waals surface area contributed by atoms with Crippen LogP contribution in [0.1, 0.15) is 35.2 Å². The molecule has 3 nitrogen and oxygen atoms in total. The summed E-state index contributed by atoms with van der Waals surface area (Å²) in [6.07, 6.45) is 3.46. The standard InChI is InChI=1S/C22H28N2OS.ClH/c1-23-14-11-18-12-15-24(16-13-18)22(25)20-7-9-21(10-8-20)26-17-19-5-3-2-4-6-19;/h2-10,18,23H,11-17H2,1H3;1H. The number of halogens is 1. The molecule has 1 N–H and O–H groups in total. The molecule has 1 amide bonds. The van der Waals surface area contributed by atoms with Crippen molar-refractivity contribution in [3.8, 4) is 0 Å². The fourth-order valence-electron chi connectivity index (χ4n) is 3.39. The summed E-state index contributed by atoms with van der Waals surface area (Å²) in [5.74, 6) is 1.88. The maximum absolute atomic E-state index is 12.7. The van der Waals surface area contributed by atoms with E-state index in [0.29, 0.717) is 0 Å². The monoisotopic (exact) mass is 404 g/mol. The first-order chi connectivity index (χ1) is 12.8. The maximum Gasteiger partial charge on any atom is 0.253 e. The Morgan fingerprint density at radius 3 is 2.37 bits per heavy atom. The van der Waals surface area contributed by atoms with Crippen LogP contribution >= 0.6 is 24.2 Å². The van der Waals surface area contributed by atoms with Gasteiger partial charge in [-0.2, -0.15) is 0 Å². The predicted octanol–water partition coefficient (Wildman–Crippen LogP) is 4.86. The quantitative estimate of drug-likeness (QED) is 0.668. The first-order valence-corrected chi connectivity index (χ1v) is 10.5. The van der Waals surface area contributed by atoms with Crippen molar-refractivity contribution in [3.05, 3.63) is 65.7 Å². The van der Waals surface area contributed by atoms with Gasteiger partial charge in [-0.1, -0.05) is 30.3 Å². The summed E-state index contributed by atoms with van der Waals surface area (Å²) in [5.41, 5.74) is 2.13. The van der Waals surface area contributed by atoms with E-state index in [4.69, 9.17) is 0 Å². The van der Waals surface area contributed by atoms with Crippen molar-refractivity contribution in [1.29, 1.82) is 0 Å². The van der Waals surface area contributed by atoms with E-state index >= 15 is 0 Å². The van der Waals surface area contributed by atoms with E-state index in [2.05, 4.69) is 41.7 Å². The van der Waals surface area contributed by atoms with Gasteiger partial charge in [-0.05, 0) is 68.6 Å². The molecule has 2 aromatic carbocycles. The molecule has 5 heteroatoms. The van der Waals surface area contributed by atoms with Gasteiger partial charge in [0.05, 0.1) is 0 Å². The van der Waals surface area contributed by atoms with Gasteiger partial charge in [-0.25, -0.2) is 0 Å². The number of carbonyl (C=O) groups excluding carboxylic acids is 1. The van der Waals surface area contributed by atoms with Gasteiger partial charge in [-0.15, -0.1) is 24.2 Å². The van der Waals surface area contributed by atoms with Crippen LogP contribution in [-0.4, -0.2) is 37.5 Å². The van der Waals surface area contributed by atoms with Gasteiger partial charge in [0.15, 0.2) is 0 Å². The Morgan fingerprint density at radius 2 is 1.74 bits per heavy atom. The third kappa shape index (κ3) is 6.56. The van der Waals surface area contributed by atoms with Crippen LogP contribution in [0, 0.1) is 5.92 Å². The largest absolute Gasteiger partial charge is 0.339 e. The topological polar surface area (TPSA) is 32.3 Å². The van der Waals surface area contributed by atoms with Crippen molar-refractivity contribution < 1.29 is 4.79 Å². The molecule has 0 atom stereocenters. The highest BCUT2D eigenvalue weighted by Gasteiger charge is 2.23. The molecule has 0 spiro atoms. The van der Waals surface area contributed by atoms with Gasteiger partial charge in [0, 0.05) is 29.3 Å². The molecule has 1 aliphatic rings. The van der Waals surface area contributed by atoms with Crippen molar-refractivity contribution in [2.24, 2.45) is 5.92 Å². The zero-order chi connectivity index (χ0) is 18.2. The Bertz CT molecular complexity index is 685.